The molecule has 0 saturated carbocycles. The number of hydrogen-bond donors (Lipinski definition) is 0. The van der Waals surface area contributed by atoms with Crippen molar-refractivity contribution in [1.82, 2.24) is 4.90 Å². The Morgan fingerprint density at radius 3 is 2.12 bits per heavy atom. The summed E-state index contributed by atoms with van der Waals surface area (Å²) in [5.41, 5.74) is 0. The van der Waals surface area contributed by atoms with Crippen LogP contribution in [0.15, 0.2) is 35.2 Å². The van der Waals surface area contributed by atoms with Gasteiger partial charge in [-0.2, -0.15) is 0 Å². The summed E-state index contributed by atoms with van der Waals surface area (Å²) in [4.78, 5) is 13.5. The van der Waals surface area contributed by atoms with Gasteiger partial charge in [0.1, 0.15) is 5.75 Å². The third kappa shape index (κ3) is 3.56. The highest BCUT2D eigenvalue weighted by Gasteiger charge is 2.21. The minimum atomic E-state index is -3.52. The van der Waals surface area contributed by atoms with Crippen molar-refractivity contribution in [2.75, 3.05) is 18.8 Å². The average Bonchev–Trinajstić information content (AvgIpc) is 2.31. The van der Waals surface area contributed by atoms with E-state index in [1.807, 2.05) is 13.8 Å². The quantitative estimate of drug-likeness (QED) is 0.797. The Labute approximate surface area is 102 Å². The Hall–Kier alpha value is -1.36. The first-order valence-corrected chi connectivity index (χ1v) is 7.22. The molecule has 0 spiro atoms. The predicted octanol–water partition coefficient (Wildman–Crippen LogP) is 1.33. The van der Waals surface area contributed by atoms with Gasteiger partial charge in [-0.05, 0) is 26.0 Å². The van der Waals surface area contributed by atoms with Gasteiger partial charge in [0.05, 0.1) is 4.90 Å². The molecule has 1 aromatic rings. The molecular formula is C12H17NO3S. The van der Waals surface area contributed by atoms with Gasteiger partial charge in [0, 0.05) is 13.1 Å². The van der Waals surface area contributed by atoms with Crippen LogP contribution in [0, 0.1) is 0 Å². The van der Waals surface area contributed by atoms with E-state index in [9.17, 15) is 13.2 Å². The fourth-order valence-corrected chi connectivity index (χ4v) is 2.79. The van der Waals surface area contributed by atoms with Crippen LogP contribution in [-0.4, -0.2) is 38.1 Å². The van der Waals surface area contributed by atoms with Crippen molar-refractivity contribution < 1.29 is 13.2 Å². The van der Waals surface area contributed by atoms with E-state index in [-0.39, 0.29) is 10.8 Å². The number of carbonyl (C=O) groups is 1. The van der Waals surface area contributed by atoms with Gasteiger partial charge in [0.2, 0.25) is 5.91 Å². The van der Waals surface area contributed by atoms with E-state index in [1.165, 1.54) is 17.0 Å². The normalized spacial score (nSPS) is 11.2. The van der Waals surface area contributed by atoms with Gasteiger partial charge in [-0.25, -0.2) is 8.42 Å². The molecule has 1 aromatic carbocycles. The van der Waals surface area contributed by atoms with Crippen LogP contribution < -0.4 is 0 Å². The summed E-state index contributed by atoms with van der Waals surface area (Å²) in [7, 11) is -3.52. The largest absolute Gasteiger partial charge is 0.342 e. The molecule has 1 amide bonds. The van der Waals surface area contributed by atoms with Crippen LogP contribution >= 0.6 is 0 Å². The van der Waals surface area contributed by atoms with E-state index >= 15 is 0 Å². The molecule has 0 saturated heterocycles. The minimum absolute atomic E-state index is 0.195. The Kier molecular flexibility index (Phi) is 4.69. The summed E-state index contributed by atoms with van der Waals surface area (Å²) in [6.07, 6.45) is 0. The van der Waals surface area contributed by atoms with Gasteiger partial charge in [-0.3, -0.25) is 4.79 Å². The molecule has 0 aliphatic carbocycles. The Bertz CT molecular complexity index is 464. The van der Waals surface area contributed by atoms with Gasteiger partial charge in [0.15, 0.2) is 9.84 Å². The van der Waals surface area contributed by atoms with Crippen LogP contribution in [0.5, 0.6) is 0 Å². The lowest BCUT2D eigenvalue weighted by Crippen LogP contribution is -2.35. The first-order chi connectivity index (χ1) is 8.01. The zero-order valence-corrected chi connectivity index (χ0v) is 10.9. The Morgan fingerprint density at radius 2 is 1.65 bits per heavy atom. The van der Waals surface area contributed by atoms with Gasteiger partial charge in [0.25, 0.3) is 0 Å². The monoisotopic (exact) mass is 255 g/mol. The smallest absolute Gasteiger partial charge is 0.238 e. The molecular weight excluding hydrogens is 238 g/mol. The number of amides is 1. The number of hydrogen-bond acceptors (Lipinski definition) is 3. The van der Waals surface area contributed by atoms with Crippen molar-refractivity contribution in [2.24, 2.45) is 0 Å². The maximum absolute atomic E-state index is 11.9. The second-order valence-corrected chi connectivity index (χ2v) is 5.63. The summed E-state index contributed by atoms with van der Waals surface area (Å²) >= 11 is 0. The number of rotatable bonds is 5. The molecule has 0 radical (unpaired) electrons. The lowest BCUT2D eigenvalue weighted by molar-refractivity contribution is -0.128. The van der Waals surface area contributed by atoms with Crippen molar-refractivity contribution in [3.63, 3.8) is 0 Å². The fraction of sp³-hybridized carbons (Fsp3) is 0.417. The first-order valence-electron chi connectivity index (χ1n) is 5.56. The summed E-state index contributed by atoms with van der Waals surface area (Å²) in [5.74, 6) is -0.808. The molecule has 1 rings (SSSR count). The molecule has 0 bridgehead atoms. The summed E-state index contributed by atoms with van der Waals surface area (Å²) in [6, 6.07) is 8.05. The van der Waals surface area contributed by atoms with Gasteiger partial charge < -0.3 is 4.90 Å². The van der Waals surface area contributed by atoms with Crippen molar-refractivity contribution in [3.8, 4) is 0 Å². The molecule has 0 aliphatic rings. The van der Waals surface area contributed by atoms with Crippen LogP contribution in [0.25, 0.3) is 0 Å². The molecule has 5 heteroatoms. The van der Waals surface area contributed by atoms with Gasteiger partial charge in [-0.15, -0.1) is 0 Å². The zero-order chi connectivity index (χ0) is 12.9. The molecule has 0 aliphatic heterocycles. The van der Waals surface area contributed by atoms with E-state index < -0.39 is 15.6 Å². The zero-order valence-electron chi connectivity index (χ0n) is 10.1. The molecule has 0 atom stereocenters. The van der Waals surface area contributed by atoms with Crippen LogP contribution in [0.3, 0.4) is 0 Å². The molecule has 0 aromatic heterocycles. The van der Waals surface area contributed by atoms with Crippen molar-refractivity contribution in [1.29, 1.82) is 0 Å². The third-order valence-electron chi connectivity index (χ3n) is 2.53. The molecule has 94 valence electrons. The maximum atomic E-state index is 11.9. The summed E-state index contributed by atoms with van der Waals surface area (Å²) < 4.78 is 23.9. The number of sulfone groups is 1. The van der Waals surface area contributed by atoms with Crippen LogP contribution in [0.2, 0.25) is 0 Å². The summed E-state index contributed by atoms with van der Waals surface area (Å²) in [5, 5.41) is 0. The topological polar surface area (TPSA) is 54.5 Å². The Morgan fingerprint density at radius 1 is 1.12 bits per heavy atom. The maximum Gasteiger partial charge on any atom is 0.238 e. The molecule has 17 heavy (non-hydrogen) atoms. The minimum Gasteiger partial charge on any atom is -0.342 e. The van der Waals surface area contributed by atoms with E-state index in [0.717, 1.165) is 0 Å². The molecule has 0 N–H and O–H groups in total. The van der Waals surface area contributed by atoms with E-state index in [2.05, 4.69) is 0 Å². The molecule has 0 heterocycles. The van der Waals surface area contributed by atoms with Gasteiger partial charge >= 0.3 is 0 Å². The number of carbonyl (C=O) groups excluding carboxylic acids is 1. The highest BCUT2D eigenvalue weighted by Crippen LogP contribution is 2.10. The lowest BCUT2D eigenvalue weighted by atomic mass is 10.4. The summed E-state index contributed by atoms with van der Waals surface area (Å²) in [6.45, 7) is 4.71. The first kappa shape index (κ1) is 13.7. The average molecular weight is 255 g/mol. The van der Waals surface area contributed by atoms with E-state index in [1.54, 1.807) is 18.2 Å². The second-order valence-electron chi connectivity index (χ2n) is 3.64. The number of nitrogens with zero attached hydrogens (tertiary/aromatic N) is 1. The second kappa shape index (κ2) is 5.82. The Balaban J connectivity index is 2.85. The third-order valence-corrected chi connectivity index (χ3v) is 4.15. The predicted molar refractivity (Wildman–Crippen MR) is 66.4 cm³/mol. The molecule has 0 fully saturated rings. The van der Waals surface area contributed by atoms with Crippen LogP contribution in [0.1, 0.15) is 13.8 Å². The van der Waals surface area contributed by atoms with Crippen LogP contribution in [-0.2, 0) is 14.6 Å². The highest BCUT2D eigenvalue weighted by molar-refractivity contribution is 7.92. The standard InChI is InChI=1S/C12H17NO3S/c1-3-13(4-2)12(14)10-17(15,16)11-8-6-5-7-9-11/h5-9H,3-4,10H2,1-2H3. The van der Waals surface area contributed by atoms with Gasteiger partial charge in [-0.1, -0.05) is 18.2 Å². The molecule has 4 nitrogen and oxygen atoms in total. The van der Waals surface area contributed by atoms with Crippen molar-refractivity contribution in [3.05, 3.63) is 30.3 Å². The highest BCUT2D eigenvalue weighted by atomic mass is 32.2. The van der Waals surface area contributed by atoms with Crippen molar-refractivity contribution >= 4 is 15.7 Å². The van der Waals surface area contributed by atoms with Crippen LogP contribution in [0.4, 0.5) is 0 Å². The fourth-order valence-electron chi connectivity index (χ4n) is 1.54. The van der Waals surface area contributed by atoms with E-state index in [4.69, 9.17) is 0 Å². The van der Waals surface area contributed by atoms with Crippen molar-refractivity contribution in [2.45, 2.75) is 18.7 Å². The lowest BCUT2D eigenvalue weighted by Gasteiger charge is -2.18. The van der Waals surface area contributed by atoms with E-state index in [0.29, 0.717) is 13.1 Å². The molecule has 0 unspecified atom stereocenters. The number of benzene rings is 1. The SMILES string of the molecule is CCN(CC)C(=O)CS(=O)(=O)c1ccccc1.